The highest BCUT2D eigenvalue weighted by atomic mass is 35.5. The first-order valence-electron chi connectivity index (χ1n) is 6.02. The Labute approximate surface area is 113 Å². The Morgan fingerprint density at radius 3 is 2.28 bits per heavy atom. The maximum Gasteiger partial charge on any atom is 0.323 e. The molecule has 18 heavy (non-hydrogen) atoms. The van der Waals surface area contributed by atoms with Crippen molar-refractivity contribution in [3.05, 3.63) is 34.9 Å². The molecular weight excluding hydrogens is 250 g/mol. The zero-order valence-electron chi connectivity index (χ0n) is 11.3. The van der Waals surface area contributed by atoms with Gasteiger partial charge in [0, 0.05) is 11.1 Å². The molecule has 1 atom stereocenters. The number of carbonyl (C=O) groups is 1. The standard InChI is InChI=1S/C14H20ClNO2/c1-5-12(10-6-8-11(15)9-7-10)16(4)14(2,3)13(17)18/h6-9,12H,5H2,1-4H3,(H,17,18). The van der Waals surface area contributed by atoms with Gasteiger partial charge < -0.3 is 5.11 Å². The molecule has 0 heterocycles. The first kappa shape index (κ1) is 15.0. The molecule has 0 fully saturated rings. The van der Waals surface area contributed by atoms with Crippen molar-refractivity contribution in [1.82, 2.24) is 4.90 Å². The highest BCUT2D eigenvalue weighted by Gasteiger charge is 2.36. The van der Waals surface area contributed by atoms with Gasteiger partial charge in [-0.05, 0) is 45.0 Å². The van der Waals surface area contributed by atoms with Crippen molar-refractivity contribution in [3.8, 4) is 0 Å². The molecular formula is C14H20ClNO2. The number of carboxylic acid groups (broad SMARTS) is 1. The van der Waals surface area contributed by atoms with Gasteiger partial charge in [0.05, 0.1) is 0 Å². The lowest BCUT2D eigenvalue weighted by atomic mass is 9.96. The molecule has 0 saturated heterocycles. The van der Waals surface area contributed by atoms with Gasteiger partial charge in [-0.3, -0.25) is 9.69 Å². The molecule has 1 aromatic carbocycles. The molecule has 1 rings (SSSR count). The molecule has 0 aliphatic rings. The number of halogens is 1. The van der Waals surface area contributed by atoms with E-state index in [-0.39, 0.29) is 6.04 Å². The van der Waals surface area contributed by atoms with E-state index in [0.29, 0.717) is 5.02 Å². The van der Waals surface area contributed by atoms with E-state index in [2.05, 4.69) is 0 Å². The summed E-state index contributed by atoms with van der Waals surface area (Å²) in [5.41, 5.74) is 0.180. The lowest BCUT2D eigenvalue weighted by Crippen LogP contribution is -2.49. The van der Waals surface area contributed by atoms with Crippen LogP contribution in [-0.2, 0) is 4.79 Å². The molecule has 1 N–H and O–H groups in total. The minimum absolute atomic E-state index is 0.0633. The molecule has 0 amide bonds. The summed E-state index contributed by atoms with van der Waals surface area (Å²) in [5.74, 6) is -0.822. The van der Waals surface area contributed by atoms with Gasteiger partial charge >= 0.3 is 5.97 Å². The van der Waals surface area contributed by atoms with Gasteiger partial charge in [-0.1, -0.05) is 30.7 Å². The second-order valence-corrected chi connectivity index (χ2v) is 5.39. The van der Waals surface area contributed by atoms with E-state index >= 15 is 0 Å². The van der Waals surface area contributed by atoms with Crippen LogP contribution in [0.25, 0.3) is 0 Å². The fraction of sp³-hybridized carbons (Fsp3) is 0.500. The van der Waals surface area contributed by atoms with Crippen LogP contribution in [0.2, 0.25) is 5.02 Å². The van der Waals surface area contributed by atoms with Crippen LogP contribution in [-0.4, -0.2) is 28.6 Å². The first-order valence-corrected chi connectivity index (χ1v) is 6.40. The second-order valence-electron chi connectivity index (χ2n) is 4.95. The van der Waals surface area contributed by atoms with Crippen LogP contribution < -0.4 is 0 Å². The Morgan fingerprint density at radius 1 is 1.39 bits per heavy atom. The number of benzene rings is 1. The topological polar surface area (TPSA) is 40.5 Å². The van der Waals surface area contributed by atoms with Crippen molar-refractivity contribution in [2.75, 3.05) is 7.05 Å². The molecule has 0 aliphatic carbocycles. The largest absolute Gasteiger partial charge is 0.480 e. The number of hydrogen-bond donors (Lipinski definition) is 1. The van der Waals surface area contributed by atoms with Gasteiger partial charge in [-0.15, -0.1) is 0 Å². The lowest BCUT2D eigenvalue weighted by Gasteiger charge is -2.38. The summed E-state index contributed by atoms with van der Waals surface area (Å²) in [6.45, 7) is 5.48. The van der Waals surface area contributed by atoms with E-state index < -0.39 is 11.5 Å². The Hall–Kier alpha value is -1.06. The number of nitrogens with zero attached hydrogens (tertiary/aromatic N) is 1. The van der Waals surface area contributed by atoms with Crippen molar-refractivity contribution < 1.29 is 9.90 Å². The summed E-state index contributed by atoms with van der Waals surface area (Å²) in [4.78, 5) is 13.2. The molecule has 100 valence electrons. The van der Waals surface area contributed by atoms with E-state index in [1.54, 1.807) is 13.8 Å². The van der Waals surface area contributed by atoms with Crippen LogP contribution in [0.1, 0.15) is 38.8 Å². The SMILES string of the molecule is CCC(c1ccc(Cl)cc1)N(C)C(C)(C)C(=O)O. The average Bonchev–Trinajstić information content (AvgIpc) is 2.32. The van der Waals surface area contributed by atoms with E-state index in [1.165, 1.54) is 0 Å². The van der Waals surface area contributed by atoms with Crippen LogP contribution >= 0.6 is 11.6 Å². The lowest BCUT2D eigenvalue weighted by molar-refractivity contribution is -0.150. The van der Waals surface area contributed by atoms with Gasteiger partial charge in [0.25, 0.3) is 0 Å². The molecule has 0 bridgehead atoms. The maximum atomic E-state index is 11.3. The second kappa shape index (κ2) is 5.72. The first-order chi connectivity index (χ1) is 8.30. The predicted octanol–water partition coefficient (Wildman–Crippen LogP) is 3.59. The number of likely N-dealkylation sites (N-methyl/N-ethyl adjacent to an activating group) is 1. The molecule has 0 aromatic heterocycles. The van der Waals surface area contributed by atoms with Crippen molar-refractivity contribution >= 4 is 17.6 Å². The summed E-state index contributed by atoms with van der Waals surface area (Å²) in [5, 5.41) is 9.97. The molecule has 0 spiro atoms. The normalized spacial score (nSPS) is 13.7. The third kappa shape index (κ3) is 3.03. The molecule has 4 heteroatoms. The zero-order valence-corrected chi connectivity index (χ0v) is 12.0. The Morgan fingerprint density at radius 2 is 1.89 bits per heavy atom. The van der Waals surface area contributed by atoms with Gasteiger partial charge in [0.15, 0.2) is 0 Å². The van der Waals surface area contributed by atoms with Gasteiger partial charge in [0.2, 0.25) is 0 Å². The van der Waals surface area contributed by atoms with Crippen LogP contribution in [0.4, 0.5) is 0 Å². The number of rotatable bonds is 5. The fourth-order valence-electron chi connectivity index (χ4n) is 1.96. The van der Waals surface area contributed by atoms with Crippen LogP contribution in [0.3, 0.4) is 0 Å². The van der Waals surface area contributed by atoms with Crippen LogP contribution in [0, 0.1) is 0 Å². The third-order valence-electron chi connectivity index (χ3n) is 3.51. The van der Waals surface area contributed by atoms with Crippen molar-refractivity contribution in [3.63, 3.8) is 0 Å². The zero-order chi connectivity index (χ0) is 13.9. The molecule has 0 radical (unpaired) electrons. The summed E-state index contributed by atoms with van der Waals surface area (Å²) < 4.78 is 0. The fourth-order valence-corrected chi connectivity index (χ4v) is 2.08. The highest BCUT2D eigenvalue weighted by Crippen LogP contribution is 2.30. The van der Waals surface area contributed by atoms with Crippen molar-refractivity contribution in [1.29, 1.82) is 0 Å². The quantitative estimate of drug-likeness (QED) is 0.888. The Balaban J connectivity index is 3.03. The van der Waals surface area contributed by atoms with Crippen molar-refractivity contribution in [2.45, 2.75) is 38.8 Å². The van der Waals surface area contributed by atoms with E-state index in [0.717, 1.165) is 12.0 Å². The monoisotopic (exact) mass is 269 g/mol. The minimum atomic E-state index is -0.902. The highest BCUT2D eigenvalue weighted by molar-refractivity contribution is 6.30. The molecule has 3 nitrogen and oxygen atoms in total. The minimum Gasteiger partial charge on any atom is -0.480 e. The number of carboxylic acids is 1. The van der Waals surface area contributed by atoms with Gasteiger partial charge in [-0.25, -0.2) is 0 Å². The Kier molecular flexibility index (Phi) is 4.77. The van der Waals surface area contributed by atoms with Crippen LogP contribution in [0.5, 0.6) is 0 Å². The maximum absolute atomic E-state index is 11.3. The average molecular weight is 270 g/mol. The van der Waals surface area contributed by atoms with E-state index in [1.807, 2.05) is 43.1 Å². The Bertz CT molecular complexity index is 414. The van der Waals surface area contributed by atoms with Gasteiger partial charge in [-0.2, -0.15) is 0 Å². The molecule has 1 aromatic rings. The summed E-state index contributed by atoms with van der Waals surface area (Å²) >= 11 is 5.87. The van der Waals surface area contributed by atoms with E-state index in [9.17, 15) is 9.90 Å². The van der Waals surface area contributed by atoms with Crippen molar-refractivity contribution in [2.24, 2.45) is 0 Å². The molecule has 0 aliphatic heterocycles. The number of aliphatic carboxylic acids is 1. The van der Waals surface area contributed by atoms with E-state index in [4.69, 9.17) is 11.6 Å². The summed E-state index contributed by atoms with van der Waals surface area (Å²) in [7, 11) is 1.84. The summed E-state index contributed by atoms with van der Waals surface area (Å²) in [6.07, 6.45) is 0.842. The molecule has 1 unspecified atom stereocenters. The predicted molar refractivity (Wildman–Crippen MR) is 74.0 cm³/mol. The number of hydrogen-bond acceptors (Lipinski definition) is 2. The third-order valence-corrected chi connectivity index (χ3v) is 3.77. The van der Waals surface area contributed by atoms with Crippen LogP contribution in [0.15, 0.2) is 24.3 Å². The van der Waals surface area contributed by atoms with Gasteiger partial charge in [0.1, 0.15) is 5.54 Å². The molecule has 0 saturated carbocycles. The smallest absolute Gasteiger partial charge is 0.323 e. The summed E-state index contributed by atoms with van der Waals surface area (Å²) in [6, 6.07) is 7.63.